The molecule has 0 saturated carbocycles. The van der Waals surface area contributed by atoms with Crippen LogP contribution in [0.3, 0.4) is 0 Å². The number of anilines is 1. The van der Waals surface area contributed by atoms with Crippen molar-refractivity contribution in [1.29, 1.82) is 0 Å². The zero-order valence-electron chi connectivity index (χ0n) is 17.5. The van der Waals surface area contributed by atoms with E-state index >= 15 is 0 Å². The number of nitrogens with one attached hydrogen (secondary N) is 2. The molecular weight excluding hydrogens is 394 g/mol. The number of carbonyl (C=O) groups is 2. The Labute approximate surface area is 181 Å². The third-order valence-electron chi connectivity index (χ3n) is 4.52. The molecule has 0 spiro atoms. The third-order valence-corrected chi connectivity index (χ3v) is 4.52. The fourth-order valence-corrected chi connectivity index (χ4v) is 2.86. The first-order chi connectivity index (χ1) is 15.0. The van der Waals surface area contributed by atoms with E-state index in [2.05, 4.69) is 15.6 Å². The van der Waals surface area contributed by atoms with Crippen molar-refractivity contribution in [2.75, 3.05) is 11.9 Å². The molecule has 3 aromatic rings. The smallest absolute Gasteiger partial charge is 0.411 e. The molecule has 2 N–H and O–H groups in total. The Morgan fingerprint density at radius 1 is 1.03 bits per heavy atom. The molecule has 2 amide bonds. The van der Waals surface area contributed by atoms with Crippen molar-refractivity contribution in [2.24, 2.45) is 0 Å². The van der Waals surface area contributed by atoms with Gasteiger partial charge in [-0.2, -0.15) is 0 Å². The quantitative estimate of drug-likeness (QED) is 0.551. The first kappa shape index (κ1) is 21.8. The van der Waals surface area contributed by atoms with E-state index in [9.17, 15) is 9.59 Å². The topological polar surface area (TPSA) is 89.5 Å². The number of pyridine rings is 1. The van der Waals surface area contributed by atoms with Crippen molar-refractivity contribution >= 4 is 17.7 Å². The Hall–Kier alpha value is -3.87. The molecule has 1 aromatic heterocycles. The fraction of sp³-hybridized carbons (Fsp3) is 0.208. The second-order valence-corrected chi connectivity index (χ2v) is 6.84. The number of hydrogen-bond donors (Lipinski definition) is 2. The van der Waals surface area contributed by atoms with Crippen LogP contribution >= 0.6 is 0 Å². The highest BCUT2D eigenvalue weighted by atomic mass is 16.5. The van der Waals surface area contributed by atoms with Crippen LogP contribution in [0.25, 0.3) is 0 Å². The van der Waals surface area contributed by atoms with Crippen LogP contribution in [0.4, 0.5) is 10.5 Å². The van der Waals surface area contributed by atoms with E-state index < -0.39 is 6.09 Å². The molecule has 31 heavy (non-hydrogen) atoms. The van der Waals surface area contributed by atoms with Gasteiger partial charge in [-0.15, -0.1) is 0 Å². The SMILES string of the molecule is CCOC(=O)Nc1ccc(C(=O)NC(C)c2ccc(OCc3cccnc3)cc2)cc1. The maximum Gasteiger partial charge on any atom is 0.411 e. The lowest BCUT2D eigenvalue weighted by molar-refractivity contribution is 0.0940. The van der Waals surface area contributed by atoms with Gasteiger partial charge in [0.05, 0.1) is 12.6 Å². The molecule has 7 heteroatoms. The van der Waals surface area contributed by atoms with E-state index in [4.69, 9.17) is 9.47 Å². The number of aromatic nitrogens is 1. The number of amides is 2. The molecule has 1 unspecified atom stereocenters. The summed E-state index contributed by atoms with van der Waals surface area (Å²) in [6.45, 7) is 4.39. The maximum absolute atomic E-state index is 12.5. The van der Waals surface area contributed by atoms with Crippen molar-refractivity contribution in [3.8, 4) is 5.75 Å². The normalized spacial score (nSPS) is 11.3. The number of nitrogens with zero attached hydrogens (tertiary/aromatic N) is 1. The average Bonchev–Trinajstić information content (AvgIpc) is 2.79. The minimum Gasteiger partial charge on any atom is -0.489 e. The Morgan fingerprint density at radius 3 is 2.42 bits per heavy atom. The second kappa shape index (κ2) is 10.8. The van der Waals surface area contributed by atoms with Crippen molar-refractivity contribution in [2.45, 2.75) is 26.5 Å². The molecule has 1 atom stereocenters. The van der Waals surface area contributed by atoms with Gasteiger partial charge >= 0.3 is 6.09 Å². The molecule has 0 aliphatic heterocycles. The van der Waals surface area contributed by atoms with Gasteiger partial charge < -0.3 is 14.8 Å². The van der Waals surface area contributed by atoms with Gasteiger partial charge in [0, 0.05) is 29.2 Å². The number of rotatable bonds is 8. The van der Waals surface area contributed by atoms with Gasteiger partial charge in [0.1, 0.15) is 12.4 Å². The molecule has 2 aromatic carbocycles. The first-order valence-electron chi connectivity index (χ1n) is 10.0. The summed E-state index contributed by atoms with van der Waals surface area (Å²) in [6, 6.07) is 17.9. The van der Waals surface area contributed by atoms with Crippen LogP contribution < -0.4 is 15.4 Å². The lowest BCUT2D eigenvalue weighted by Crippen LogP contribution is -2.26. The fourth-order valence-electron chi connectivity index (χ4n) is 2.86. The summed E-state index contributed by atoms with van der Waals surface area (Å²) in [5, 5.41) is 5.56. The molecule has 0 saturated heterocycles. The van der Waals surface area contributed by atoms with E-state index in [0.717, 1.165) is 16.9 Å². The Bertz CT molecular complexity index is 990. The summed E-state index contributed by atoms with van der Waals surface area (Å²) in [4.78, 5) is 28.1. The summed E-state index contributed by atoms with van der Waals surface area (Å²) in [5.41, 5.74) is 3.01. The van der Waals surface area contributed by atoms with Crippen LogP contribution in [-0.2, 0) is 11.3 Å². The number of carbonyl (C=O) groups excluding carboxylic acids is 2. The lowest BCUT2D eigenvalue weighted by atomic mass is 10.1. The molecule has 3 rings (SSSR count). The van der Waals surface area contributed by atoms with Gasteiger partial charge in [-0.1, -0.05) is 18.2 Å². The van der Waals surface area contributed by atoms with Crippen LogP contribution in [0.5, 0.6) is 5.75 Å². The molecule has 7 nitrogen and oxygen atoms in total. The standard InChI is InChI=1S/C24H25N3O4/c1-3-30-24(29)27-21-10-6-20(7-11-21)23(28)26-17(2)19-8-12-22(13-9-19)31-16-18-5-4-14-25-15-18/h4-15,17H,3,16H2,1-2H3,(H,26,28)(H,27,29). The second-order valence-electron chi connectivity index (χ2n) is 6.84. The summed E-state index contributed by atoms with van der Waals surface area (Å²) in [7, 11) is 0. The monoisotopic (exact) mass is 419 g/mol. The number of benzene rings is 2. The molecule has 160 valence electrons. The van der Waals surface area contributed by atoms with Gasteiger partial charge in [-0.05, 0) is 61.9 Å². The van der Waals surface area contributed by atoms with Crippen LogP contribution in [-0.4, -0.2) is 23.6 Å². The van der Waals surface area contributed by atoms with Crippen molar-refractivity contribution in [3.63, 3.8) is 0 Å². The summed E-state index contributed by atoms with van der Waals surface area (Å²) < 4.78 is 10.6. The minimum absolute atomic E-state index is 0.183. The van der Waals surface area contributed by atoms with Crippen LogP contribution in [0.1, 0.15) is 41.4 Å². The molecular formula is C24H25N3O4. The van der Waals surface area contributed by atoms with Gasteiger partial charge in [0.15, 0.2) is 0 Å². The Morgan fingerprint density at radius 2 is 1.77 bits per heavy atom. The summed E-state index contributed by atoms with van der Waals surface area (Å²) in [5.74, 6) is 0.544. The van der Waals surface area contributed by atoms with Crippen molar-refractivity contribution < 1.29 is 19.1 Å². The first-order valence-corrected chi connectivity index (χ1v) is 10.0. The van der Waals surface area contributed by atoms with E-state index in [1.54, 1.807) is 43.6 Å². The largest absolute Gasteiger partial charge is 0.489 e. The Balaban J connectivity index is 1.52. The van der Waals surface area contributed by atoms with Gasteiger partial charge in [-0.25, -0.2) is 4.79 Å². The van der Waals surface area contributed by atoms with Crippen molar-refractivity contribution in [1.82, 2.24) is 10.3 Å². The van der Waals surface area contributed by atoms with E-state index in [1.807, 2.05) is 43.3 Å². The molecule has 0 aliphatic rings. The third kappa shape index (κ3) is 6.57. The minimum atomic E-state index is -0.527. The number of hydrogen-bond acceptors (Lipinski definition) is 5. The van der Waals surface area contributed by atoms with Gasteiger partial charge in [0.2, 0.25) is 0 Å². The van der Waals surface area contributed by atoms with E-state index in [-0.39, 0.29) is 11.9 Å². The van der Waals surface area contributed by atoms with Gasteiger partial charge in [-0.3, -0.25) is 15.1 Å². The highest BCUT2D eigenvalue weighted by Crippen LogP contribution is 2.19. The molecule has 0 bridgehead atoms. The average molecular weight is 419 g/mol. The lowest BCUT2D eigenvalue weighted by Gasteiger charge is -2.15. The zero-order chi connectivity index (χ0) is 22.1. The molecule has 1 heterocycles. The van der Waals surface area contributed by atoms with Gasteiger partial charge in [0.25, 0.3) is 5.91 Å². The molecule has 0 aliphatic carbocycles. The molecule has 0 fully saturated rings. The van der Waals surface area contributed by atoms with E-state index in [1.165, 1.54) is 0 Å². The van der Waals surface area contributed by atoms with Crippen LogP contribution in [0.2, 0.25) is 0 Å². The van der Waals surface area contributed by atoms with Crippen LogP contribution in [0, 0.1) is 0 Å². The highest BCUT2D eigenvalue weighted by Gasteiger charge is 2.12. The summed E-state index contributed by atoms with van der Waals surface area (Å²) >= 11 is 0. The van der Waals surface area contributed by atoms with Crippen molar-refractivity contribution in [3.05, 3.63) is 89.7 Å². The molecule has 0 radical (unpaired) electrons. The van der Waals surface area contributed by atoms with Crippen LogP contribution in [0.15, 0.2) is 73.1 Å². The number of ether oxygens (including phenoxy) is 2. The predicted octanol–water partition coefficient (Wildman–Crippen LogP) is 4.72. The highest BCUT2D eigenvalue weighted by molar-refractivity contribution is 5.95. The Kier molecular flexibility index (Phi) is 7.59. The predicted molar refractivity (Wildman–Crippen MR) is 118 cm³/mol. The summed E-state index contributed by atoms with van der Waals surface area (Å²) in [6.07, 6.45) is 2.97. The zero-order valence-corrected chi connectivity index (χ0v) is 17.5. The maximum atomic E-state index is 12.5. The van der Waals surface area contributed by atoms with E-state index in [0.29, 0.717) is 24.5 Å².